The summed E-state index contributed by atoms with van der Waals surface area (Å²) in [7, 11) is -4.15. The first-order valence-electron chi connectivity index (χ1n) is 11.4. The zero-order valence-corrected chi connectivity index (χ0v) is 24.7. The van der Waals surface area contributed by atoms with Crippen molar-refractivity contribution >= 4 is 95.5 Å². The zero-order chi connectivity index (χ0) is 29.4. The number of thioether (sulfide) groups is 2. The van der Waals surface area contributed by atoms with Gasteiger partial charge in [-0.3, -0.25) is 33.2 Å². The summed E-state index contributed by atoms with van der Waals surface area (Å²) < 4.78 is 32.8. The summed E-state index contributed by atoms with van der Waals surface area (Å²) in [6, 6.07) is 7.43. The van der Waals surface area contributed by atoms with Crippen molar-refractivity contribution in [2.45, 2.75) is 24.8 Å². The number of hydrogen-bond acceptors (Lipinski definition) is 11. The number of nitrogens with zero attached hydrogens (tertiary/aromatic N) is 3. The average Bonchev–Trinajstić information content (AvgIpc) is 3.45. The molecule has 17 heteroatoms. The highest BCUT2D eigenvalue weighted by Crippen LogP contribution is 2.46. The van der Waals surface area contributed by atoms with Gasteiger partial charge in [0, 0.05) is 11.4 Å². The molecule has 1 aromatic carbocycles. The highest BCUT2D eigenvalue weighted by atomic mass is 32.2. The normalized spacial score (nSPS) is 18.5. The highest BCUT2D eigenvalue weighted by molar-refractivity contribution is 8.30. The molecular weight excluding hydrogens is 623 g/mol. The minimum absolute atomic E-state index is 0.0184. The van der Waals surface area contributed by atoms with Crippen molar-refractivity contribution in [2.75, 3.05) is 23.7 Å². The van der Waals surface area contributed by atoms with Crippen LogP contribution in [0.3, 0.4) is 0 Å². The summed E-state index contributed by atoms with van der Waals surface area (Å²) in [6.45, 7) is 0.532. The van der Waals surface area contributed by atoms with Gasteiger partial charge in [0.1, 0.15) is 27.0 Å². The molecule has 4 rings (SSSR count). The van der Waals surface area contributed by atoms with Gasteiger partial charge in [-0.2, -0.15) is 8.42 Å². The van der Waals surface area contributed by atoms with E-state index >= 15 is 0 Å². The number of thiazole rings is 1. The molecule has 1 fully saturated rings. The second-order valence-corrected chi connectivity index (χ2v) is 13.8. The molecule has 1 saturated heterocycles. The summed E-state index contributed by atoms with van der Waals surface area (Å²) in [4.78, 5) is 52.7. The molecule has 2 aliphatic heterocycles. The van der Waals surface area contributed by atoms with E-state index in [9.17, 15) is 32.7 Å². The van der Waals surface area contributed by atoms with Crippen molar-refractivity contribution in [2.24, 2.45) is 0 Å². The van der Waals surface area contributed by atoms with E-state index in [-0.39, 0.29) is 31.4 Å². The summed E-state index contributed by atoms with van der Waals surface area (Å²) >= 11 is 8.25. The van der Waals surface area contributed by atoms with Crippen molar-refractivity contribution in [3.8, 4) is 0 Å². The first-order chi connectivity index (χ1) is 18.8. The number of carboxylic acid groups (broad SMARTS) is 2. The lowest BCUT2D eigenvalue weighted by Crippen LogP contribution is -2.37. The predicted molar refractivity (Wildman–Crippen MR) is 156 cm³/mol. The monoisotopic (exact) mass is 643 g/mol. The molecule has 40 heavy (non-hydrogen) atoms. The van der Waals surface area contributed by atoms with Crippen LogP contribution in [-0.4, -0.2) is 73.7 Å². The van der Waals surface area contributed by atoms with Gasteiger partial charge >= 0.3 is 11.9 Å². The molecule has 3 heterocycles. The van der Waals surface area contributed by atoms with Crippen molar-refractivity contribution in [1.29, 1.82) is 0 Å². The third-order valence-corrected chi connectivity index (χ3v) is 10.4. The molecule has 212 valence electrons. The van der Waals surface area contributed by atoms with Crippen LogP contribution >= 0.6 is 47.1 Å². The van der Waals surface area contributed by atoms with Crippen LogP contribution in [0, 0.1) is 0 Å². The minimum atomic E-state index is -4.15. The Morgan fingerprint density at radius 3 is 2.38 bits per heavy atom. The first-order valence-corrected chi connectivity index (χ1v) is 15.9. The van der Waals surface area contributed by atoms with E-state index in [0.717, 1.165) is 43.1 Å². The van der Waals surface area contributed by atoms with Gasteiger partial charge in [0.05, 0.1) is 21.0 Å². The standard InChI is InChI=1S/C23H21N3O9S5/c1-12(9-15-24(7-4-8-40(33,34)35)13-5-2-3-6-14(13)37-15)18-20(31)25(10-16(27)28)22(38-18)19-21(32)26(11-17(29)30)23(36)39-19/h2-3,5-6,9H,4,7-8,10-11H2,1H3,(H,27,28)(H,29,30)(H,33,34,35)/b15-9?,18-12?,22-19+. The van der Waals surface area contributed by atoms with Crippen LogP contribution in [0.5, 0.6) is 0 Å². The summed E-state index contributed by atoms with van der Waals surface area (Å²) in [5, 5.41) is 19.2. The maximum Gasteiger partial charge on any atom is 0.323 e. The van der Waals surface area contributed by atoms with E-state index in [1.807, 2.05) is 29.2 Å². The second kappa shape index (κ2) is 11.9. The van der Waals surface area contributed by atoms with Gasteiger partial charge in [0.25, 0.3) is 21.6 Å². The van der Waals surface area contributed by atoms with Crippen molar-refractivity contribution in [3.05, 3.63) is 54.9 Å². The Morgan fingerprint density at radius 2 is 1.73 bits per heavy atom. The van der Waals surface area contributed by atoms with E-state index in [0.29, 0.717) is 10.6 Å². The van der Waals surface area contributed by atoms with Crippen LogP contribution in [0.2, 0.25) is 0 Å². The summed E-state index contributed by atoms with van der Waals surface area (Å²) in [5.74, 6) is -3.74. The van der Waals surface area contributed by atoms with Gasteiger partial charge in [-0.25, -0.2) is 0 Å². The highest BCUT2D eigenvalue weighted by Gasteiger charge is 2.35. The number of benzene rings is 1. The van der Waals surface area contributed by atoms with E-state index in [1.54, 1.807) is 13.0 Å². The first kappa shape index (κ1) is 30.0. The van der Waals surface area contributed by atoms with Crippen LogP contribution in [0.1, 0.15) is 13.3 Å². The van der Waals surface area contributed by atoms with Crippen LogP contribution in [-0.2, 0) is 31.0 Å². The van der Waals surface area contributed by atoms with E-state index in [4.69, 9.17) is 21.9 Å². The van der Waals surface area contributed by atoms with Gasteiger partial charge in [-0.15, -0.1) is 11.3 Å². The molecule has 0 radical (unpaired) electrons. The van der Waals surface area contributed by atoms with Gasteiger partial charge in [-0.05, 0) is 37.1 Å². The number of fused-ring (bicyclic) bond motifs is 1. The Balaban J connectivity index is 1.84. The van der Waals surface area contributed by atoms with E-state index < -0.39 is 52.4 Å². The second-order valence-electron chi connectivity index (χ2n) is 8.53. The van der Waals surface area contributed by atoms with Gasteiger partial charge in [0.2, 0.25) is 0 Å². The lowest BCUT2D eigenvalue weighted by molar-refractivity contribution is -0.140. The van der Waals surface area contributed by atoms with Crippen molar-refractivity contribution in [3.63, 3.8) is 0 Å². The number of anilines is 1. The number of rotatable bonds is 9. The van der Waals surface area contributed by atoms with Crippen LogP contribution in [0.15, 0.2) is 45.1 Å². The largest absolute Gasteiger partial charge is 0.480 e. The smallest absolute Gasteiger partial charge is 0.323 e. The van der Waals surface area contributed by atoms with Crippen molar-refractivity contribution < 1.29 is 37.6 Å². The van der Waals surface area contributed by atoms with Crippen LogP contribution in [0.25, 0.3) is 10.5 Å². The Labute approximate surface area is 245 Å². The fourth-order valence-corrected chi connectivity index (χ4v) is 8.16. The molecule has 0 aliphatic carbocycles. The predicted octanol–water partition coefficient (Wildman–Crippen LogP) is 0.950. The topological polar surface area (TPSA) is 175 Å². The molecular formula is C23H21N3O9S5. The zero-order valence-electron chi connectivity index (χ0n) is 20.6. The van der Waals surface area contributed by atoms with Gasteiger partial charge < -0.3 is 15.1 Å². The fraction of sp³-hybridized carbons (Fsp3) is 0.261. The maximum atomic E-state index is 13.4. The number of aromatic nitrogens is 1. The molecule has 2 aromatic rings. The number of carbonyl (C=O) groups excluding carboxylic acids is 1. The molecule has 0 bridgehead atoms. The quantitative estimate of drug-likeness (QED) is 0.261. The maximum absolute atomic E-state index is 13.4. The third kappa shape index (κ3) is 6.50. The Hall–Kier alpha value is -2.96. The Morgan fingerprint density at radius 1 is 1.05 bits per heavy atom. The summed E-state index contributed by atoms with van der Waals surface area (Å²) in [5.41, 5.74) is 0.655. The number of carbonyl (C=O) groups is 3. The number of thiocarbonyl (C=S) groups is 1. The minimum Gasteiger partial charge on any atom is -0.480 e. The number of para-hydroxylation sites is 1. The molecule has 0 spiro atoms. The van der Waals surface area contributed by atoms with Gasteiger partial charge in [-0.1, -0.05) is 47.9 Å². The fourth-order valence-electron chi connectivity index (χ4n) is 3.95. The lowest BCUT2D eigenvalue weighted by atomic mass is 10.2. The average molecular weight is 644 g/mol. The Bertz CT molecular complexity index is 1760. The summed E-state index contributed by atoms with van der Waals surface area (Å²) in [6.07, 6.45) is 1.86. The number of aliphatic carboxylic acids is 2. The van der Waals surface area contributed by atoms with Gasteiger partial charge in [0.15, 0.2) is 0 Å². The molecule has 1 aromatic heterocycles. The number of amides is 1. The molecule has 1 amide bonds. The van der Waals surface area contributed by atoms with E-state index in [1.165, 1.54) is 11.8 Å². The van der Waals surface area contributed by atoms with Crippen molar-refractivity contribution in [1.82, 2.24) is 9.47 Å². The number of hydrogen-bond donors (Lipinski definition) is 3. The Kier molecular flexibility index (Phi) is 8.91. The van der Waals surface area contributed by atoms with Crippen LogP contribution < -0.4 is 19.7 Å². The number of allylic oxidation sites excluding steroid dienone is 1. The molecule has 2 aliphatic rings. The molecule has 0 unspecified atom stereocenters. The van der Waals surface area contributed by atoms with E-state index in [2.05, 4.69) is 0 Å². The molecule has 3 N–H and O–H groups in total. The lowest BCUT2D eigenvalue weighted by Gasteiger charge is -2.20. The molecule has 0 atom stereocenters. The SMILES string of the molecule is CC(C=C1Sc2ccccc2N1CCCS(=O)(=O)O)=c1s/c(=C2/SC(=S)N(CC(=O)O)C2=O)n(CC(=O)O)c1=O. The number of carboxylic acids is 2. The third-order valence-electron chi connectivity index (χ3n) is 5.63. The van der Waals surface area contributed by atoms with Crippen LogP contribution in [0.4, 0.5) is 5.69 Å². The molecule has 12 nitrogen and oxygen atoms in total. The molecule has 0 saturated carbocycles.